The fraction of sp³-hybridized carbons (Fsp3) is 0.429. The van der Waals surface area contributed by atoms with Gasteiger partial charge in [0.15, 0.2) is 5.82 Å². The van der Waals surface area contributed by atoms with Crippen LogP contribution in [-0.2, 0) is 0 Å². The normalized spacial score (nSPS) is 15.4. The molecule has 146 valence electrons. The van der Waals surface area contributed by atoms with Gasteiger partial charge in [-0.25, -0.2) is 4.98 Å². The summed E-state index contributed by atoms with van der Waals surface area (Å²) in [6.07, 6.45) is 5.72. The van der Waals surface area contributed by atoms with E-state index in [2.05, 4.69) is 45.3 Å². The minimum absolute atomic E-state index is 0.279. The minimum Gasteiger partial charge on any atom is -0.396 e. The van der Waals surface area contributed by atoms with Crippen LogP contribution in [0.15, 0.2) is 36.7 Å². The first-order chi connectivity index (χ1) is 13.6. The number of aliphatic hydroxyl groups excluding tert-OH is 1. The molecule has 0 aromatic carbocycles. The average Bonchev–Trinajstić information content (AvgIpc) is 2.73. The number of hydrogen-bond donors (Lipinski definition) is 2. The zero-order valence-electron chi connectivity index (χ0n) is 16.3. The van der Waals surface area contributed by atoms with Crippen LogP contribution in [0.4, 0.5) is 17.3 Å². The molecule has 2 N–H and O–H groups in total. The molecule has 7 nitrogen and oxygen atoms in total. The molecule has 1 aliphatic rings. The van der Waals surface area contributed by atoms with E-state index in [0.29, 0.717) is 17.7 Å². The maximum absolute atomic E-state index is 9.33. The van der Waals surface area contributed by atoms with Crippen LogP contribution >= 0.6 is 0 Å². The number of aromatic nitrogens is 4. The van der Waals surface area contributed by atoms with Gasteiger partial charge in [0.2, 0.25) is 0 Å². The first kappa shape index (κ1) is 18.6. The largest absolute Gasteiger partial charge is 0.396 e. The molecule has 0 aliphatic carbocycles. The summed E-state index contributed by atoms with van der Waals surface area (Å²) >= 11 is 0. The number of fused-ring (bicyclic) bond motifs is 1. The Labute approximate surface area is 164 Å². The van der Waals surface area contributed by atoms with Crippen molar-refractivity contribution in [1.82, 2.24) is 20.2 Å². The van der Waals surface area contributed by atoms with Gasteiger partial charge in [0.25, 0.3) is 0 Å². The lowest BCUT2D eigenvalue weighted by Crippen LogP contribution is -2.34. The molecule has 0 unspecified atom stereocenters. The van der Waals surface area contributed by atoms with E-state index >= 15 is 0 Å². The van der Waals surface area contributed by atoms with Crippen LogP contribution < -0.4 is 10.2 Å². The summed E-state index contributed by atoms with van der Waals surface area (Å²) in [5.74, 6) is 2.22. The quantitative estimate of drug-likeness (QED) is 0.702. The van der Waals surface area contributed by atoms with Gasteiger partial charge in [0.1, 0.15) is 5.82 Å². The maximum Gasteiger partial charge on any atom is 0.154 e. The van der Waals surface area contributed by atoms with E-state index in [4.69, 9.17) is 4.98 Å². The summed E-state index contributed by atoms with van der Waals surface area (Å²) in [4.78, 5) is 11.6. The number of hydrogen-bond acceptors (Lipinski definition) is 7. The minimum atomic E-state index is 0.279. The van der Waals surface area contributed by atoms with Crippen molar-refractivity contribution in [3.05, 3.63) is 42.2 Å². The predicted octanol–water partition coefficient (Wildman–Crippen LogP) is 3.50. The number of rotatable bonds is 5. The number of anilines is 3. The molecule has 3 aromatic rings. The topological polar surface area (TPSA) is 87.1 Å². The second kappa shape index (κ2) is 8.06. The lowest BCUT2D eigenvalue weighted by atomic mass is 9.97. The van der Waals surface area contributed by atoms with Crippen LogP contribution in [-0.4, -0.2) is 45.0 Å². The van der Waals surface area contributed by atoms with Gasteiger partial charge in [0.05, 0.1) is 29.1 Å². The van der Waals surface area contributed by atoms with E-state index in [1.807, 2.05) is 24.4 Å². The third-order valence-corrected chi connectivity index (χ3v) is 5.36. The van der Waals surface area contributed by atoms with Gasteiger partial charge in [-0.05, 0) is 54.5 Å². The molecule has 4 heterocycles. The van der Waals surface area contributed by atoms with Gasteiger partial charge in [-0.3, -0.25) is 4.98 Å². The Morgan fingerprint density at radius 3 is 2.68 bits per heavy atom. The standard InChI is InChI=1S/C21H26N6O/c1-14(2)16-9-21(26-23-11-16)25-20-4-3-18-19(24-20)10-17(12-22-18)27-7-5-15(13-28)6-8-27/h3-4,9-12,14-15,28H,5-8,13H2,1-2H3,(H,24,25,26). The molecule has 0 saturated carbocycles. The monoisotopic (exact) mass is 378 g/mol. The highest BCUT2D eigenvalue weighted by Gasteiger charge is 2.19. The molecule has 0 radical (unpaired) electrons. The van der Waals surface area contributed by atoms with Gasteiger partial charge < -0.3 is 15.3 Å². The van der Waals surface area contributed by atoms with Gasteiger partial charge in [-0.2, -0.15) is 5.10 Å². The lowest BCUT2D eigenvalue weighted by molar-refractivity contribution is 0.203. The molecule has 1 aliphatic heterocycles. The number of pyridine rings is 2. The first-order valence-corrected chi connectivity index (χ1v) is 9.84. The van der Waals surface area contributed by atoms with E-state index in [0.717, 1.165) is 54.0 Å². The van der Waals surface area contributed by atoms with Crippen LogP contribution in [0, 0.1) is 5.92 Å². The zero-order chi connectivity index (χ0) is 19.5. The Hall–Kier alpha value is -2.80. The molecule has 3 aromatic heterocycles. The van der Waals surface area contributed by atoms with Gasteiger partial charge in [-0.15, -0.1) is 5.10 Å². The van der Waals surface area contributed by atoms with E-state index < -0.39 is 0 Å². The van der Waals surface area contributed by atoms with Gasteiger partial charge in [-0.1, -0.05) is 13.8 Å². The number of aliphatic hydroxyl groups is 1. The number of piperidine rings is 1. The van der Waals surface area contributed by atoms with Crippen molar-refractivity contribution in [2.45, 2.75) is 32.6 Å². The van der Waals surface area contributed by atoms with E-state index in [9.17, 15) is 5.11 Å². The Morgan fingerprint density at radius 1 is 1.11 bits per heavy atom. The summed E-state index contributed by atoms with van der Waals surface area (Å²) in [5, 5.41) is 20.8. The van der Waals surface area contributed by atoms with E-state index in [-0.39, 0.29) is 6.61 Å². The SMILES string of the molecule is CC(C)c1cnnc(Nc2ccc3ncc(N4CCC(CO)CC4)cc3n2)c1. The Morgan fingerprint density at radius 2 is 1.93 bits per heavy atom. The predicted molar refractivity (Wildman–Crippen MR) is 111 cm³/mol. The number of nitrogens with zero attached hydrogens (tertiary/aromatic N) is 5. The van der Waals surface area contributed by atoms with Crippen molar-refractivity contribution in [3.63, 3.8) is 0 Å². The number of nitrogens with one attached hydrogen (secondary N) is 1. The van der Waals surface area contributed by atoms with Crippen molar-refractivity contribution in [1.29, 1.82) is 0 Å². The van der Waals surface area contributed by atoms with Gasteiger partial charge in [0, 0.05) is 19.7 Å². The maximum atomic E-state index is 9.33. The second-order valence-electron chi connectivity index (χ2n) is 7.70. The molecule has 0 amide bonds. The van der Waals surface area contributed by atoms with Crippen LogP contribution in [0.5, 0.6) is 0 Å². The highest BCUT2D eigenvalue weighted by molar-refractivity contribution is 5.80. The van der Waals surface area contributed by atoms with Crippen LogP contribution in [0.2, 0.25) is 0 Å². The third kappa shape index (κ3) is 4.04. The third-order valence-electron chi connectivity index (χ3n) is 5.36. The van der Waals surface area contributed by atoms with Gasteiger partial charge >= 0.3 is 0 Å². The molecular weight excluding hydrogens is 352 g/mol. The highest BCUT2D eigenvalue weighted by atomic mass is 16.3. The average molecular weight is 378 g/mol. The lowest BCUT2D eigenvalue weighted by Gasteiger charge is -2.32. The van der Waals surface area contributed by atoms with Crippen molar-refractivity contribution in [2.75, 3.05) is 29.9 Å². The molecule has 7 heteroatoms. The van der Waals surface area contributed by atoms with Crippen LogP contribution in [0.25, 0.3) is 11.0 Å². The van der Waals surface area contributed by atoms with Crippen LogP contribution in [0.1, 0.15) is 38.2 Å². The van der Waals surface area contributed by atoms with E-state index in [1.165, 1.54) is 0 Å². The van der Waals surface area contributed by atoms with Crippen molar-refractivity contribution in [2.24, 2.45) is 5.92 Å². The zero-order valence-corrected chi connectivity index (χ0v) is 16.3. The second-order valence-corrected chi connectivity index (χ2v) is 7.70. The summed E-state index contributed by atoms with van der Waals surface area (Å²) < 4.78 is 0. The molecule has 0 spiro atoms. The Balaban J connectivity index is 1.55. The molecule has 28 heavy (non-hydrogen) atoms. The highest BCUT2D eigenvalue weighted by Crippen LogP contribution is 2.26. The molecule has 0 bridgehead atoms. The summed E-state index contributed by atoms with van der Waals surface area (Å²) in [6, 6.07) is 7.96. The molecular formula is C21H26N6O. The van der Waals surface area contributed by atoms with Crippen molar-refractivity contribution < 1.29 is 5.11 Å². The fourth-order valence-corrected chi connectivity index (χ4v) is 3.50. The molecule has 4 rings (SSSR count). The summed E-state index contributed by atoms with van der Waals surface area (Å²) in [5.41, 5.74) is 3.92. The van der Waals surface area contributed by atoms with Crippen LogP contribution in [0.3, 0.4) is 0 Å². The summed E-state index contributed by atoms with van der Waals surface area (Å²) in [6.45, 7) is 6.42. The first-order valence-electron chi connectivity index (χ1n) is 9.84. The summed E-state index contributed by atoms with van der Waals surface area (Å²) in [7, 11) is 0. The molecule has 0 atom stereocenters. The Bertz CT molecular complexity index is 953. The van der Waals surface area contributed by atoms with E-state index in [1.54, 1.807) is 6.20 Å². The molecule has 1 saturated heterocycles. The van der Waals surface area contributed by atoms with Crippen molar-refractivity contribution in [3.8, 4) is 0 Å². The Kier molecular flexibility index (Phi) is 5.34. The molecule has 1 fully saturated rings. The fourth-order valence-electron chi connectivity index (χ4n) is 3.50. The smallest absolute Gasteiger partial charge is 0.154 e. The van der Waals surface area contributed by atoms with Crippen molar-refractivity contribution >= 4 is 28.4 Å².